The van der Waals surface area contributed by atoms with Crippen LogP contribution in [-0.2, 0) is 4.79 Å². The van der Waals surface area contributed by atoms with E-state index in [-0.39, 0.29) is 19.2 Å². The first-order valence-electron chi connectivity index (χ1n) is 5.67. The van der Waals surface area contributed by atoms with Gasteiger partial charge in [-0.2, -0.15) is 0 Å². The molecule has 18 heavy (non-hydrogen) atoms. The van der Waals surface area contributed by atoms with Crippen LogP contribution in [0, 0.1) is 5.82 Å². The van der Waals surface area contributed by atoms with Gasteiger partial charge in [-0.25, -0.2) is 4.39 Å². The molecule has 4 nitrogen and oxygen atoms in total. The fraction of sp³-hybridized carbons (Fsp3) is 0.462. The summed E-state index contributed by atoms with van der Waals surface area (Å²) in [5.74, 6) is -0.398. The Kier molecular flexibility index (Phi) is 4.67. The van der Waals surface area contributed by atoms with Gasteiger partial charge in [0.2, 0.25) is 0 Å². The molecule has 1 aliphatic rings. The third-order valence-electron chi connectivity index (χ3n) is 3.03. The minimum atomic E-state index is -0.507. The van der Waals surface area contributed by atoms with E-state index >= 15 is 0 Å². The first-order chi connectivity index (χ1) is 8.10. The summed E-state index contributed by atoms with van der Waals surface area (Å²) in [6.07, 6.45) is 1.82. The molecule has 1 fully saturated rings. The third kappa shape index (κ3) is 3.20. The van der Waals surface area contributed by atoms with Crippen molar-refractivity contribution in [1.82, 2.24) is 10.7 Å². The molecule has 0 spiro atoms. The zero-order chi connectivity index (χ0) is 12.3. The van der Waals surface area contributed by atoms with Crippen molar-refractivity contribution < 1.29 is 9.18 Å². The number of anilines is 1. The fourth-order valence-electron chi connectivity index (χ4n) is 1.89. The normalized spacial score (nSPS) is 22.1. The molecular formula is C13H20FN3O. The summed E-state index contributed by atoms with van der Waals surface area (Å²) in [5.41, 5.74) is 5.54. The second-order valence-corrected chi connectivity index (χ2v) is 4.45. The highest BCUT2D eigenvalue weighted by atomic mass is 19.1. The van der Waals surface area contributed by atoms with E-state index in [9.17, 15) is 9.18 Å². The zero-order valence-electron chi connectivity index (χ0n) is 9.72. The molecule has 0 saturated carbocycles. The fourth-order valence-corrected chi connectivity index (χ4v) is 1.89. The molecular weight excluding hydrogens is 233 g/mol. The highest BCUT2D eigenvalue weighted by Gasteiger charge is 2.35. The lowest BCUT2D eigenvalue weighted by Gasteiger charge is -2.23. The predicted octanol–water partition coefficient (Wildman–Crippen LogP) is 2.05. The van der Waals surface area contributed by atoms with Crippen LogP contribution < -0.4 is 16.2 Å². The highest BCUT2D eigenvalue weighted by Crippen LogP contribution is 2.18. The van der Waals surface area contributed by atoms with Gasteiger partial charge in [0.1, 0.15) is 5.82 Å². The number of carbonyl (C=O) groups is 1. The summed E-state index contributed by atoms with van der Waals surface area (Å²) < 4.78 is 12.7. The van der Waals surface area contributed by atoms with E-state index in [2.05, 4.69) is 16.2 Å². The molecule has 100 valence electrons. The zero-order valence-corrected chi connectivity index (χ0v) is 9.72. The predicted molar refractivity (Wildman–Crippen MR) is 70.5 cm³/mol. The molecule has 1 unspecified atom stereocenters. The maximum atomic E-state index is 12.7. The van der Waals surface area contributed by atoms with Crippen molar-refractivity contribution in [1.29, 1.82) is 0 Å². The average Bonchev–Trinajstić information content (AvgIpc) is 2.76. The van der Waals surface area contributed by atoms with Crippen molar-refractivity contribution in [2.24, 2.45) is 0 Å². The van der Waals surface area contributed by atoms with Gasteiger partial charge in [0.25, 0.3) is 5.91 Å². The van der Waals surface area contributed by atoms with E-state index in [1.807, 2.05) is 6.92 Å². The van der Waals surface area contributed by atoms with Crippen LogP contribution >= 0.6 is 0 Å². The SMILES string of the molecule is C.CC1(C(=O)NNc2ccc(F)cc2)CCCN1. The van der Waals surface area contributed by atoms with Crippen molar-refractivity contribution in [3.63, 3.8) is 0 Å². The number of nitrogens with one attached hydrogen (secondary N) is 3. The van der Waals surface area contributed by atoms with Crippen molar-refractivity contribution >= 4 is 11.6 Å². The molecule has 0 bridgehead atoms. The lowest BCUT2D eigenvalue weighted by molar-refractivity contribution is -0.125. The molecule has 1 saturated heterocycles. The van der Waals surface area contributed by atoms with Crippen LogP contribution in [0.2, 0.25) is 0 Å². The van der Waals surface area contributed by atoms with E-state index in [0.29, 0.717) is 5.69 Å². The van der Waals surface area contributed by atoms with Crippen LogP contribution in [0.4, 0.5) is 10.1 Å². The molecule has 3 N–H and O–H groups in total. The topological polar surface area (TPSA) is 53.2 Å². The Morgan fingerprint density at radius 2 is 2.06 bits per heavy atom. The minimum absolute atomic E-state index is 0. The van der Waals surface area contributed by atoms with E-state index < -0.39 is 5.54 Å². The van der Waals surface area contributed by atoms with Crippen LogP contribution in [0.5, 0.6) is 0 Å². The summed E-state index contributed by atoms with van der Waals surface area (Å²) in [6.45, 7) is 2.74. The number of carbonyl (C=O) groups excluding carboxylic acids is 1. The molecule has 0 aromatic heterocycles. The lowest BCUT2D eigenvalue weighted by Crippen LogP contribution is -2.52. The number of rotatable bonds is 3. The number of amides is 1. The monoisotopic (exact) mass is 253 g/mol. The summed E-state index contributed by atoms with van der Waals surface area (Å²) in [4.78, 5) is 11.9. The van der Waals surface area contributed by atoms with E-state index in [1.165, 1.54) is 12.1 Å². The molecule has 5 heteroatoms. The van der Waals surface area contributed by atoms with Gasteiger partial charge in [-0.15, -0.1) is 0 Å². The van der Waals surface area contributed by atoms with Crippen molar-refractivity contribution in [3.05, 3.63) is 30.1 Å². The maximum absolute atomic E-state index is 12.7. The van der Waals surface area contributed by atoms with Crippen molar-refractivity contribution in [2.75, 3.05) is 12.0 Å². The van der Waals surface area contributed by atoms with Crippen molar-refractivity contribution in [3.8, 4) is 0 Å². The standard InChI is InChI=1S/C12H16FN3O.CH4/c1-12(7-2-8-14-12)11(17)16-15-10-5-3-9(13)4-6-10;/h3-6,14-15H,2,7-8H2,1H3,(H,16,17);1H4. The van der Waals surface area contributed by atoms with Gasteiger partial charge in [-0.05, 0) is 50.6 Å². The second-order valence-electron chi connectivity index (χ2n) is 4.45. The van der Waals surface area contributed by atoms with Crippen LogP contribution in [0.15, 0.2) is 24.3 Å². The molecule has 1 aromatic rings. The Morgan fingerprint density at radius 3 is 2.61 bits per heavy atom. The second kappa shape index (κ2) is 5.82. The quantitative estimate of drug-likeness (QED) is 0.723. The largest absolute Gasteiger partial charge is 0.304 e. The highest BCUT2D eigenvalue weighted by molar-refractivity contribution is 5.87. The molecule has 1 heterocycles. The Labute approximate surface area is 107 Å². The Bertz CT molecular complexity index is 399. The van der Waals surface area contributed by atoms with Gasteiger partial charge in [0, 0.05) is 0 Å². The van der Waals surface area contributed by atoms with Crippen LogP contribution in [0.1, 0.15) is 27.2 Å². The van der Waals surface area contributed by atoms with Crippen LogP contribution in [0.25, 0.3) is 0 Å². The van der Waals surface area contributed by atoms with E-state index in [4.69, 9.17) is 0 Å². The number of halogens is 1. The van der Waals surface area contributed by atoms with Gasteiger partial charge in [0.05, 0.1) is 11.2 Å². The van der Waals surface area contributed by atoms with Gasteiger partial charge < -0.3 is 5.32 Å². The average molecular weight is 253 g/mol. The Hall–Kier alpha value is -1.62. The van der Waals surface area contributed by atoms with E-state index in [1.54, 1.807) is 12.1 Å². The minimum Gasteiger partial charge on any atom is -0.304 e. The number of hydrogen-bond donors (Lipinski definition) is 3. The van der Waals surface area contributed by atoms with Gasteiger partial charge >= 0.3 is 0 Å². The Balaban J connectivity index is 0.00000162. The number of hydrazine groups is 1. The smallest absolute Gasteiger partial charge is 0.258 e. The molecule has 1 aliphatic heterocycles. The van der Waals surface area contributed by atoms with Gasteiger partial charge in [-0.1, -0.05) is 7.43 Å². The first-order valence-corrected chi connectivity index (χ1v) is 5.67. The maximum Gasteiger partial charge on any atom is 0.258 e. The third-order valence-corrected chi connectivity index (χ3v) is 3.03. The van der Waals surface area contributed by atoms with E-state index in [0.717, 1.165) is 19.4 Å². The van der Waals surface area contributed by atoms with Crippen LogP contribution in [0.3, 0.4) is 0 Å². The molecule has 0 aliphatic carbocycles. The molecule has 0 radical (unpaired) electrons. The number of benzene rings is 1. The summed E-state index contributed by atoms with van der Waals surface area (Å²) in [7, 11) is 0. The van der Waals surface area contributed by atoms with Gasteiger partial charge in [-0.3, -0.25) is 15.6 Å². The molecule has 2 rings (SSSR count). The van der Waals surface area contributed by atoms with Gasteiger partial charge in [0.15, 0.2) is 0 Å². The molecule has 1 atom stereocenters. The first kappa shape index (κ1) is 14.4. The van der Waals surface area contributed by atoms with Crippen molar-refractivity contribution in [2.45, 2.75) is 32.7 Å². The number of hydrogen-bond acceptors (Lipinski definition) is 3. The lowest BCUT2D eigenvalue weighted by atomic mass is 10.00. The summed E-state index contributed by atoms with van der Waals surface area (Å²) in [5, 5.41) is 3.17. The summed E-state index contributed by atoms with van der Waals surface area (Å²) in [6, 6.07) is 5.81. The molecule has 1 aromatic carbocycles. The van der Waals surface area contributed by atoms with Crippen LogP contribution in [-0.4, -0.2) is 18.0 Å². The summed E-state index contributed by atoms with van der Waals surface area (Å²) >= 11 is 0. The molecule has 1 amide bonds. The Morgan fingerprint density at radius 1 is 1.39 bits per heavy atom.